The van der Waals surface area contributed by atoms with E-state index in [1.165, 1.54) is 6.07 Å². The van der Waals surface area contributed by atoms with Gasteiger partial charge in [0.1, 0.15) is 29.8 Å². The Labute approximate surface area is 131 Å². The summed E-state index contributed by atoms with van der Waals surface area (Å²) < 4.78 is 10.9. The zero-order valence-electron chi connectivity index (χ0n) is 12.4. The number of hydrogen-bond acceptors (Lipinski definition) is 4. The zero-order chi connectivity index (χ0) is 16.4. The lowest BCUT2D eigenvalue weighted by Crippen LogP contribution is -2.14. The summed E-state index contributed by atoms with van der Waals surface area (Å²) in [5.74, 6) is -0.759. The second kappa shape index (κ2) is 5.96. The van der Waals surface area contributed by atoms with Crippen LogP contribution in [0.4, 0.5) is 0 Å². The molecule has 0 aliphatic heterocycles. The van der Waals surface area contributed by atoms with Crippen LogP contribution in [-0.4, -0.2) is 11.1 Å². The van der Waals surface area contributed by atoms with Gasteiger partial charge in [0, 0.05) is 6.07 Å². The molecule has 0 fully saturated rings. The van der Waals surface area contributed by atoms with Gasteiger partial charge in [0.25, 0.3) is 0 Å². The number of carboxylic acid groups (broad SMARTS) is 1. The summed E-state index contributed by atoms with van der Waals surface area (Å²) in [6, 6.07) is 12.7. The standard InChI is InChI=1S/C18H14O5/c1-11-3-2-4-12(7-11)9-22-13-5-6-14-16(8-13)23-10-15(17(14)19)18(20)21/h2-8,10H,9H2,1H3,(H,20,21). The molecule has 1 aromatic heterocycles. The minimum atomic E-state index is -1.31. The van der Waals surface area contributed by atoms with E-state index in [0.29, 0.717) is 17.9 Å². The highest BCUT2D eigenvalue weighted by Crippen LogP contribution is 2.20. The molecule has 0 saturated carbocycles. The predicted octanol–water partition coefficient (Wildman–Crippen LogP) is 3.38. The molecule has 3 aromatic rings. The molecule has 3 rings (SSSR count). The Kier molecular flexibility index (Phi) is 3.85. The number of fused-ring (bicyclic) bond motifs is 1. The van der Waals surface area contributed by atoms with Crippen LogP contribution in [0.25, 0.3) is 11.0 Å². The molecule has 5 heteroatoms. The normalized spacial score (nSPS) is 10.7. The van der Waals surface area contributed by atoms with Gasteiger partial charge in [-0.15, -0.1) is 0 Å². The van der Waals surface area contributed by atoms with Gasteiger partial charge >= 0.3 is 5.97 Å². The van der Waals surface area contributed by atoms with Gasteiger partial charge < -0.3 is 14.3 Å². The van der Waals surface area contributed by atoms with Crippen LogP contribution in [0.15, 0.2) is 57.9 Å². The molecule has 0 radical (unpaired) electrons. The topological polar surface area (TPSA) is 76.7 Å². The van der Waals surface area contributed by atoms with Gasteiger partial charge in [-0.3, -0.25) is 4.79 Å². The van der Waals surface area contributed by atoms with E-state index in [1.54, 1.807) is 12.1 Å². The van der Waals surface area contributed by atoms with Gasteiger partial charge in [-0.05, 0) is 24.6 Å². The fraction of sp³-hybridized carbons (Fsp3) is 0.111. The molecule has 116 valence electrons. The summed E-state index contributed by atoms with van der Waals surface area (Å²) in [6.07, 6.45) is 0.956. The van der Waals surface area contributed by atoms with Gasteiger partial charge in [0.15, 0.2) is 0 Å². The van der Waals surface area contributed by atoms with E-state index in [4.69, 9.17) is 14.3 Å². The van der Waals surface area contributed by atoms with E-state index < -0.39 is 11.4 Å². The second-order valence-electron chi connectivity index (χ2n) is 5.22. The van der Waals surface area contributed by atoms with Crippen molar-refractivity contribution in [2.45, 2.75) is 13.5 Å². The monoisotopic (exact) mass is 310 g/mol. The van der Waals surface area contributed by atoms with Crippen molar-refractivity contribution in [1.29, 1.82) is 0 Å². The average Bonchev–Trinajstić information content (AvgIpc) is 2.53. The van der Waals surface area contributed by atoms with E-state index in [2.05, 4.69) is 0 Å². The van der Waals surface area contributed by atoms with Crippen LogP contribution in [0.3, 0.4) is 0 Å². The highest BCUT2D eigenvalue weighted by molar-refractivity contribution is 5.91. The first kappa shape index (κ1) is 14.8. The molecule has 0 bridgehead atoms. The molecular formula is C18H14O5. The van der Waals surface area contributed by atoms with Crippen molar-refractivity contribution in [3.8, 4) is 5.75 Å². The Morgan fingerprint density at radius 3 is 2.78 bits per heavy atom. The third-order valence-electron chi connectivity index (χ3n) is 3.46. The minimum absolute atomic E-state index is 0.216. The largest absolute Gasteiger partial charge is 0.489 e. The van der Waals surface area contributed by atoms with Crippen LogP contribution in [0.5, 0.6) is 5.75 Å². The fourth-order valence-corrected chi connectivity index (χ4v) is 2.31. The maximum Gasteiger partial charge on any atom is 0.342 e. The Morgan fingerprint density at radius 1 is 1.22 bits per heavy atom. The summed E-state index contributed by atoms with van der Waals surface area (Å²) in [5.41, 5.74) is 1.53. The molecule has 0 amide bonds. The molecule has 0 unspecified atom stereocenters. The summed E-state index contributed by atoms with van der Waals surface area (Å²) >= 11 is 0. The van der Waals surface area contributed by atoms with Crippen LogP contribution in [-0.2, 0) is 6.61 Å². The van der Waals surface area contributed by atoms with E-state index in [9.17, 15) is 9.59 Å². The lowest BCUT2D eigenvalue weighted by Gasteiger charge is -2.07. The molecule has 0 spiro atoms. The number of aromatic carboxylic acids is 1. The zero-order valence-corrected chi connectivity index (χ0v) is 12.4. The third kappa shape index (κ3) is 3.08. The maximum absolute atomic E-state index is 12.0. The maximum atomic E-state index is 12.0. The first-order valence-electron chi connectivity index (χ1n) is 7.02. The first-order valence-corrected chi connectivity index (χ1v) is 7.02. The SMILES string of the molecule is Cc1cccc(COc2ccc3c(=O)c(C(=O)O)coc3c2)c1. The quantitative estimate of drug-likeness (QED) is 0.799. The highest BCUT2D eigenvalue weighted by Gasteiger charge is 2.13. The van der Waals surface area contributed by atoms with Gasteiger partial charge in [0.05, 0.1) is 5.39 Å². The van der Waals surface area contributed by atoms with Crippen molar-refractivity contribution in [3.05, 3.63) is 75.6 Å². The summed E-state index contributed by atoms with van der Waals surface area (Å²) in [7, 11) is 0. The molecule has 2 aromatic carbocycles. The number of carbonyl (C=O) groups is 1. The van der Waals surface area contributed by atoms with Crippen molar-refractivity contribution in [1.82, 2.24) is 0 Å². The summed E-state index contributed by atoms with van der Waals surface area (Å²) in [4.78, 5) is 23.0. The number of hydrogen-bond donors (Lipinski definition) is 1. The van der Waals surface area contributed by atoms with Crippen LogP contribution in [0.1, 0.15) is 21.5 Å². The Hall–Kier alpha value is -3.08. The Balaban J connectivity index is 1.87. The van der Waals surface area contributed by atoms with E-state index in [1.807, 2.05) is 31.2 Å². The second-order valence-corrected chi connectivity index (χ2v) is 5.22. The summed E-state index contributed by atoms with van der Waals surface area (Å²) in [5, 5.41) is 9.14. The number of carboxylic acids is 1. The number of benzene rings is 2. The summed E-state index contributed by atoms with van der Waals surface area (Å²) in [6.45, 7) is 2.40. The van der Waals surface area contributed by atoms with E-state index in [-0.39, 0.29) is 10.9 Å². The molecule has 0 aliphatic carbocycles. The Morgan fingerprint density at radius 2 is 2.04 bits per heavy atom. The third-order valence-corrected chi connectivity index (χ3v) is 3.46. The van der Waals surface area contributed by atoms with Crippen molar-refractivity contribution in [2.75, 3.05) is 0 Å². The van der Waals surface area contributed by atoms with Gasteiger partial charge in [-0.2, -0.15) is 0 Å². The van der Waals surface area contributed by atoms with E-state index >= 15 is 0 Å². The van der Waals surface area contributed by atoms with Gasteiger partial charge in [0.2, 0.25) is 5.43 Å². The van der Waals surface area contributed by atoms with Crippen molar-refractivity contribution >= 4 is 16.9 Å². The fourth-order valence-electron chi connectivity index (χ4n) is 2.31. The number of aryl methyl sites for hydroxylation is 1. The van der Waals surface area contributed by atoms with Crippen LogP contribution < -0.4 is 10.2 Å². The van der Waals surface area contributed by atoms with Gasteiger partial charge in [-0.25, -0.2) is 4.79 Å². The molecule has 5 nitrogen and oxygen atoms in total. The molecule has 0 saturated heterocycles. The lowest BCUT2D eigenvalue weighted by atomic mass is 10.1. The van der Waals surface area contributed by atoms with Crippen molar-refractivity contribution < 1.29 is 19.1 Å². The van der Waals surface area contributed by atoms with Crippen molar-refractivity contribution in [3.63, 3.8) is 0 Å². The molecule has 23 heavy (non-hydrogen) atoms. The number of rotatable bonds is 4. The van der Waals surface area contributed by atoms with Crippen LogP contribution in [0.2, 0.25) is 0 Å². The molecule has 0 aliphatic rings. The average molecular weight is 310 g/mol. The predicted molar refractivity (Wildman–Crippen MR) is 85.0 cm³/mol. The van der Waals surface area contributed by atoms with Crippen LogP contribution >= 0.6 is 0 Å². The smallest absolute Gasteiger partial charge is 0.342 e. The highest BCUT2D eigenvalue weighted by atomic mass is 16.5. The van der Waals surface area contributed by atoms with E-state index in [0.717, 1.165) is 17.4 Å². The Bertz CT molecular complexity index is 940. The number of ether oxygens (including phenoxy) is 1. The molecule has 0 atom stereocenters. The van der Waals surface area contributed by atoms with Crippen molar-refractivity contribution in [2.24, 2.45) is 0 Å². The molecular weight excluding hydrogens is 296 g/mol. The van der Waals surface area contributed by atoms with Gasteiger partial charge in [-0.1, -0.05) is 29.8 Å². The lowest BCUT2D eigenvalue weighted by molar-refractivity contribution is 0.0693. The van der Waals surface area contributed by atoms with Crippen LogP contribution in [0, 0.1) is 6.92 Å². The minimum Gasteiger partial charge on any atom is -0.489 e. The molecule has 1 N–H and O–H groups in total. The molecule has 1 heterocycles. The first-order chi connectivity index (χ1) is 11.0.